The molecule has 0 heterocycles. The summed E-state index contributed by atoms with van der Waals surface area (Å²) in [5.74, 6) is 0. The molecule has 0 fully saturated rings. The molecule has 0 radical (unpaired) electrons. The number of aliphatic hydroxyl groups excluding tert-OH is 1. The monoisotopic (exact) mass is 207 g/mol. The number of hydrogen-bond acceptors (Lipinski definition) is 2. The Morgan fingerprint density at radius 2 is 1.73 bits per heavy atom. The molecule has 1 unspecified atom stereocenters. The summed E-state index contributed by atoms with van der Waals surface area (Å²) in [5, 5.41) is 12.3. The third-order valence-corrected chi connectivity index (χ3v) is 2.85. The van der Waals surface area contributed by atoms with Gasteiger partial charge in [-0.1, -0.05) is 17.7 Å². The normalized spacial score (nSPS) is 12.9. The summed E-state index contributed by atoms with van der Waals surface area (Å²) in [6.07, 6.45) is 0.765. The van der Waals surface area contributed by atoms with E-state index in [1.54, 1.807) is 0 Å². The third kappa shape index (κ3) is 2.80. The Labute approximate surface area is 92.3 Å². The molecule has 1 aromatic carbocycles. The largest absolute Gasteiger partial charge is 0.396 e. The smallest absolute Gasteiger partial charge is 0.0449 e. The molecule has 1 aromatic rings. The highest BCUT2D eigenvalue weighted by Gasteiger charge is 2.13. The number of hydrogen-bond donors (Lipinski definition) is 2. The predicted molar refractivity (Wildman–Crippen MR) is 64.2 cm³/mol. The fourth-order valence-corrected chi connectivity index (χ4v) is 2.30. The van der Waals surface area contributed by atoms with Crippen LogP contribution in [0.3, 0.4) is 0 Å². The fraction of sp³-hybridized carbons (Fsp3) is 0.538. The zero-order chi connectivity index (χ0) is 11.4. The molecule has 1 atom stereocenters. The van der Waals surface area contributed by atoms with Crippen molar-refractivity contribution in [3.05, 3.63) is 34.4 Å². The van der Waals surface area contributed by atoms with Crippen LogP contribution in [0.15, 0.2) is 12.1 Å². The molecule has 0 aliphatic heterocycles. The zero-order valence-electron chi connectivity index (χ0n) is 10.1. The maximum absolute atomic E-state index is 9.03. The van der Waals surface area contributed by atoms with E-state index < -0.39 is 0 Å². The molecule has 0 saturated carbocycles. The summed E-state index contributed by atoms with van der Waals surface area (Å²) < 4.78 is 0. The van der Waals surface area contributed by atoms with E-state index in [-0.39, 0.29) is 12.6 Å². The summed E-state index contributed by atoms with van der Waals surface area (Å²) >= 11 is 0. The molecule has 0 spiro atoms. The Morgan fingerprint density at radius 1 is 1.20 bits per heavy atom. The van der Waals surface area contributed by atoms with Crippen molar-refractivity contribution < 1.29 is 5.11 Å². The van der Waals surface area contributed by atoms with Crippen molar-refractivity contribution in [2.75, 3.05) is 13.7 Å². The lowest BCUT2D eigenvalue weighted by Crippen LogP contribution is -2.19. The van der Waals surface area contributed by atoms with Crippen LogP contribution in [-0.4, -0.2) is 18.8 Å². The molecule has 2 N–H and O–H groups in total. The van der Waals surface area contributed by atoms with E-state index >= 15 is 0 Å². The predicted octanol–water partition coefficient (Wildman–Crippen LogP) is 2.25. The maximum Gasteiger partial charge on any atom is 0.0449 e. The Balaban J connectivity index is 3.11. The van der Waals surface area contributed by atoms with Crippen molar-refractivity contribution >= 4 is 0 Å². The van der Waals surface area contributed by atoms with Gasteiger partial charge < -0.3 is 10.4 Å². The lowest BCUT2D eigenvalue weighted by molar-refractivity contribution is 0.268. The second-order valence-electron chi connectivity index (χ2n) is 4.17. The number of aryl methyl sites for hydroxylation is 3. The topological polar surface area (TPSA) is 32.3 Å². The van der Waals surface area contributed by atoms with Crippen LogP contribution in [0.5, 0.6) is 0 Å². The van der Waals surface area contributed by atoms with Crippen molar-refractivity contribution in [3.8, 4) is 0 Å². The first-order chi connectivity index (χ1) is 7.10. The van der Waals surface area contributed by atoms with Gasteiger partial charge in [0.25, 0.3) is 0 Å². The summed E-state index contributed by atoms with van der Waals surface area (Å²) in [5.41, 5.74) is 5.24. The van der Waals surface area contributed by atoms with Crippen LogP contribution in [0.1, 0.15) is 34.7 Å². The van der Waals surface area contributed by atoms with E-state index in [9.17, 15) is 0 Å². The van der Waals surface area contributed by atoms with Gasteiger partial charge in [-0.25, -0.2) is 0 Å². The van der Waals surface area contributed by atoms with Crippen LogP contribution >= 0.6 is 0 Å². The van der Waals surface area contributed by atoms with Gasteiger partial charge in [0.2, 0.25) is 0 Å². The lowest BCUT2D eigenvalue weighted by Gasteiger charge is -2.21. The average Bonchev–Trinajstić information content (AvgIpc) is 2.14. The van der Waals surface area contributed by atoms with E-state index in [1.807, 2.05) is 7.05 Å². The SMILES string of the molecule is CNC(CCO)c1c(C)cc(C)cc1C. The van der Waals surface area contributed by atoms with Gasteiger partial charge in [0.15, 0.2) is 0 Å². The van der Waals surface area contributed by atoms with E-state index in [1.165, 1.54) is 22.3 Å². The zero-order valence-corrected chi connectivity index (χ0v) is 10.1. The highest BCUT2D eigenvalue weighted by atomic mass is 16.3. The summed E-state index contributed by atoms with van der Waals surface area (Å²) in [6.45, 7) is 6.61. The lowest BCUT2D eigenvalue weighted by atomic mass is 9.92. The molecule has 2 nitrogen and oxygen atoms in total. The molecule has 0 saturated heterocycles. The molecule has 0 aromatic heterocycles. The van der Waals surface area contributed by atoms with Crippen molar-refractivity contribution in [2.24, 2.45) is 0 Å². The van der Waals surface area contributed by atoms with Gasteiger partial charge in [0, 0.05) is 12.6 Å². The second kappa shape index (κ2) is 5.29. The Bertz CT molecular complexity index is 310. The van der Waals surface area contributed by atoms with Crippen LogP contribution in [0.4, 0.5) is 0 Å². The minimum absolute atomic E-state index is 0.220. The van der Waals surface area contributed by atoms with Crippen molar-refractivity contribution in [3.63, 3.8) is 0 Å². The standard InChI is InChI=1S/C13H21NO/c1-9-7-10(2)13(11(3)8-9)12(14-4)5-6-15/h7-8,12,14-15H,5-6H2,1-4H3. The molecular weight excluding hydrogens is 186 g/mol. The van der Waals surface area contributed by atoms with Gasteiger partial charge in [-0.15, -0.1) is 0 Å². The summed E-state index contributed by atoms with van der Waals surface area (Å²) in [6, 6.07) is 4.66. The van der Waals surface area contributed by atoms with Crippen molar-refractivity contribution in [2.45, 2.75) is 33.2 Å². The van der Waals surface area contributed by atoms with Crippen molar-refractivity contribution in [1.82, 2.24) is 5.32 Å². The first kappa shape index (κ1) is 12.2. The minimum Gasteiger partial charge on any atom is -0.396 e. The molecule has 15 heavy (non-hydrogen) atoms. The van der Waals surface area contributed by atoms with Crippen LogP contribution in [0.25, 0.3) is 0 Å². The highest BCUT2D eigenvalue weighted by Crippen LogP contribution is 2.25. The number of aliphatic hydroxyl groups is 1. The minimum atomic E-state index is 0.220. The first-order valence-corrected chi connectivity index (χ1v) is 5.46. The second-order valence-corrected chi connectivity index (χ2v) is 4.17. The highest BCUT2D eigenvalue weighted by molar-refractivity contribution is 5.39. The van der Waals surface area contributed by atoms with Crippen LogP contribution in [-0.2, 0) is 0 Å². The van der Waals surface area contributed by atoms with Gasteiger partial charge >= 0.3 is 0 Å². The fourth-order valence-electron chi connectivity index (χ4n) is 2.30. The Hall–Kier alpha value is -0.860. The van der Waals surface area contributed by atoms with Crippen molar-refractivity contribution in [1.29, 1.82) is 0 Å². The van der Waals surface area contributed by atoms with E-state index in [0.717, 1.165) is 6.42 Å². The van der Waals surface area contributed by atoms with Crippen LogP contribution < -0.4 is 5.32 Å². The first-order valence-electron chi connectivity index (χ1n) is 5.46. The molecule has 0 bridgehead atoms. The Morgan fingerprint density at radius 3 is 2.13 bits per heavy atom. The molecule has 0 aliphatic carbocycles. The molecule has 0 amide bonds. The third-order valence-electron chi connectivity index (χ3n) is 2.85. The summed E-state index contributed by atoms with van der Waals surface area (Å²) in [7, 11) is 1.94. The van der Waals surface area contributed by atoms with Gasteiger partial charge in [0.1, 0.15) is 0 Å². The van der Waals surface area contributed by atoms with E-state index in [4.69, 9.17) is 5.11 Å². The maximum atomic E-state index is 9.03. The molecular formula is C13H21NO. The quantitative estimate of drug-likeness (QED) is 0.793. The van der Waals surface area contributed by atoms with Crippen LogP contribution in [0.2, 0.25) is 0 Å². The van der Waals surface area contributed by atoms with Gasteiger partial charge in [-0.3, -0.25) is 0 Å². The average molecular weight is 207 g/mol. The summed E-state index contributed by atoms with van der Waals surface area (Å²) in [4.78, 5) is 0. The number of benzene rings is 1. The van der Waals surface area contributed by atoms with Gasteiger partial charge in [-0.05, 0) is 50.9 Å². The van der Waals surface area contributed by atoms with E-state index in [2.05, 4.69) is 38.2 Å². The number of rotatable bonds is 4. The Kier molecular flexibility index (Phi) is 4.30. The van der Waals surface area contributed by atoms with Gasteiger partial charge in [0.05, 0.1) is 0 Å². The molecule has 1 rings (SSSR count). The molecule has 2 heteroatoms. The molecule has 84 valence electrons. The van der Waals surface area contributed by atoms with E-state index in [0.29, 0.717) is 0 Å². The number of nitrogens with one attached hydrogen (secondary N) is 1. The van der Waals surface area contributed by atoms with Gasteiger partial charge in [-0.2, -0.15) is 0 Å². The molecule has 0 aliphatic rings. The van der Waals surface area contributed by atoms with Crippen LogP contribution in [0, 0.1) is 20.8 Å².